The van der Waals surface area contributed by atoms with Crippen LogP contribution in [-0.2, 0) is 11.2 Å². The summed E-state index contributed by atoms with van der Waals surface area (Å²) in [6, 6.07) is 5.63. The molecular formula is C11H13BrO3. The molecule has 1 aromatic rings. The van der Waals surface area contributed by atoms with Crippen molar-refractivity contribution in [2.24, 2.45) is 0 Å². The molecule has 4 heteroatoms. The first-order valence-electron chi connectivity index (χ1n) is 4.54. The molecule has 1 rings (SSSR count). The maximum Gasteiger partial charge on any atom is 0.335 e. The van der Waals surface area contributed by atoms with Gasteiger partial charge in [0.1, 0.15) is 0 Å². The van der Waals surface area contributed by atoms with Gasteiger partial charge in [-0.15, -0.1) is 0 Å². The third-order valence-electron chi connectivity index (χ3n) is 2.20. The van der Waals surface area contributed by atoms with Crippen molar-refractivity contribution in [1.82, 2.24) is 0 Å². The first-order valence-corrected chi connectivity index (χ1v) is 5.33. The van der Waals surface area contributed by atoms with E-state index in [2.05, 4.69) is 15.9 Å². The predicted molar refractivity (Wildman–Crippen MR) is 60.8 cm³/mol. The second kappa shape index (κ2) is 4.33. The van der Waals surface area contributed by atoms with Crippen molar-refractivity contribution >= 4 is 21.9 Å². The van der Waals surface area contributed by atoms with E-state index in [1.165, 1.54) is 6.92 Å². The van der Waals surface area contributed by atoms with Crippen LogP contribution in [0, 0.1) is 6.92 Å². The fourth-order valence-corrected chi connectivity index (χ4v) is 1.67. The zero-order chi connectivity index (χ0) is 11.6. The van der Waals surface area contributed by atoms with Crippen molar-refractivity contribution in [3.63, 3.8) is 0 Å². The van der Waals surface area contributed by atoms with E-state index in [-0.39, 0.29) is 6.42 Å². The van der Waals surface area contributed by atoms with Crippen LogP contribution in [0.1, 0.15) is 18.1 Å². The highest BCUT2D eigenvalue weighted by molar-refractivity contribution is 9.10. The van der Waals surface area contributed by atoms with E-state index in [0.29, 0.717) is 0 Å². The van der Waals surface area contributed by atoms with Crippen LogP contribution in [0.25, 0.3) is 0 Å². The monoisotopic (exact) mass is 272 g/mol. The van der Waals surface area contributed by atoms with Crippen LogP contribution in [0.2, 0.25) is 0 Å². The van der Waals surface area contributed by atoms with Crippen LogP contribution in [0.4, 0.5) is 0 Å². The molecule has 0 fully saturated rings. The van der Waals surface area contributed by atoms with Crippen molar-refractivity contribution in [2.45, 2.75) is 25.9 Å². The number of carbonyl (C=O) groups is 1. The van der Waals surface area contributed by atoms with E-state index in [1.54, 1.807) is 0 Å². The number of carboxylic acid groups (broad SMARTS) is 1. The number of aryl methyl sites for hydroxylation is 1. The normalized spacial score (nSPS) is 14.7. The molecule has 2 N–H and O–H groups in total. The van der Waals surface area contributed by atoms with Gasteiger partial charge < -0.3 is 10.2 Å². The fraction of sp³-hybridized carbons (Fsp3) is 0.364. The smallest absolute Gasteiger partial charge is 0.335 e. The quantitative estimate of drug-likeness (QED) is 0.887. The molecule has 0 saturated carbocycles. The highest BCUT2D eigenvalue weighted by Gasteiger charge is 2.30. The Balaban J connectivity index is 2.99. The molecule has 0 aliphatic carbocycles. The molecule has 3 nitrogen and oxygen atoms in total. The number of carboxylic acids is 1. The summed E-state index contributed by atoms with van der Waals surface area (Å²) in [5, 5.41) is 18.4. The lowest BCUT2D eigenvalue weighted by atomic mass is 9.96. The summed E-state index contributed by atoms with van der Waals surface area (Å²) in [7, 11) is 0. The Morgan fingerprint density at radius 2 is 2.13 bits per heavy atom. The van der Waals surface area contributed by atoms with Crippen LogP contribution in [0.5, 0.6) is 0 Å². The van der Waals surface area contributed by atoms with E-state index >= 15 is 0 Å². The van der Waals surface area contributed by atoms with Crippen LogP contribution < -0.4 is 0 Å². The van der Waals surface area contributed by atoms with Gasteiger partial charge >= 0.3 is 5.97 Å². The van der Waals surface area contributed by atoms with Crippen LogP contribution in [0.15, 0.2) is 22.7 Å². The highest BCUT2D eigenvalue weighted by Crippen LogP contribution is 2.23. The number of hydrogen-bond acceptors (Lipinski definition) is 2. The summed E-state index contributed by atoms with van der Waals surface area (Å²) in [4.78, 5) is 10.8. The average molecular weight is 273 g/mol. The van der Waals surface area contributed by atoms with E-state index in [9.17, 15) is 9.90 Å². The molecule has 1 aromatic carbocycles. The van der Waals surface area contributed by atoms with Crippen molar-refractivity contribution < 1.29 is 15.0 Å². The molecule has 0 heterocycles. The molecule has 0 saturated heterocycles. The van der Waals surface area contributed by atoms with Gasteiger partial charge in [0.25, 0.3) is 0 Å². The summed E-state index contributed by atoms with van der Waals surface area (Å²) in [6.45, 7) is 3.22. The molecule has 0 spiro atoms. The fourth-order valence-electron chi connectivity index (χ4n) is 1.29. The molecule has 0 radical (unpaired) electrons. The lowest BCUT2D eigenvalue weighted by Crippen LogP contribution is -2.37. The zero-order valence-electron chi connectivity index (χ0n) is 8.62. The molecule has 82 valence electrons. The van der Waals surface area contributed by atoms with E-state index < -0.39 is 11.6 Å². The van der Waals surface area contributed by atoms with Crippen LogP contribution in [0.3, 0.4) is 0 Å². The highest BCUT2D eigenvalue weighted by atomic mass is 79.9. The van der Waals surface area contributed by atoms with Gasteiger partial charge in [0.15, 0.2) is 5.60 Å². The molecule has 0 aromatic heterocycles. The number of hydrogen-bond donors (Lipinski definition) is 2. The number of benzene rings is 1. The summed E-state index contributed by atoms with van der Waals surface area (Å²) < 4.78 is 0.814. The van der Waals surface area contributed by atoms with E-state index in [4.69, 9.17) is 5.11 Å². The minimum absolute atomic E-state index is 0.0879. The summed E-state index contributed by atoms with van der Waals surface area (Å²) in [6.07, 6.45) is 0.0879. The van der Waals surface area contributed by atoms with Gasteiger partial charge in [-0.3, -0.25) is 0 Å². The summed E-state index contributed by atoms with van der Waals surface area (Å²) >= 11 is 3.33. The van der Waals surface area contributed by atoms with Gasteiger partial charge in [-0.2, -0.15) is 0 Å². The lowest BCUT2D eigenvalue weighted by molar-refractivity contribution is -0.156. The number of halogens is 1. The Hall–Kier alpha value is -0.870. The number of aliphatic carboxylic acids is 1. The van der Waals surface area contributed by atoms with Gasteiger partial charge in [-0.1, -0.05) is 33.6 Å². The van der Waals surface area contributed by atoms with Gasteiger partial charge in [-0.05, 0) is 25.5 Å². The SMILES string of the molecule is Cc1ccc(Br)c(CC(C)(O)C(=O)O)c1. The summed E-state index contributed by atoms with van der Waals surface area (Å²) in [5.74, 6) is -1.21. The van der Waals surface area contributed by atoms with Crippen molar-refractivity contribution in [3.8, 4) is 0 Å². The molecular weight excluding hydrogens is 260 g/mol. The van der Waals surface area contributed by atoms with Gasteiger partial charge in [0.05, 0.1) is 0 Å². The lowest BCUT2D eigenvalue weighted by Gasteiger charge is -2.18. The molecule has 0 aliphatic heterocycles. The molecule has 0 amide bonds. The van der Waals surface area contributed by atoms with Crippen LogP contribution in [-0.4, -0.2) is 21.8 Å². The number of rotatable bonds is 3. The average Bonchev–Trinajstić information content (AvgIpc) is 2.10. The van der Waals surface area contributed by atoms with Crippen LogP contribution >= 0.6 is 15.9 Å². The Morgan fingerprint density at radius 1 is 1.53 bits per heavy atom. The maximum absolute atomic E-state index is 10.8. The van der Waals surface area contributed by atoms with Crippen molar-refractivity contribution in [1.29, 1.82) is 0 Å². The predicted octanol–water partition coefficient (Wildman–Crippen LogP) is 2.14. The van der Waals surface area contributed by atoms with Crippen molar-refractivity contribution in [2.75, 3.05) is 0 Å². The van der Waals surface area contributed by atoms with E-state index in [0.717, 1.165) is 15.6 Å². The maximum atomic E-state index is 10.8. The number of aliphatic hydroxyl groups is 1. The van der Waals surface area contributed by atoms with Gasteiger partial charge in [-0.25, -0.2) is 4.79 Å². The third-order valence-corrected chi connectivity index (χ3v) is 2.97. The first-order chi connectivity index (χ1) is 6.83. The van der Waals surface area contributed by atoms with Gasteiger partial charge in [0, 0.05) is 10.9 Å². The Kier molecular flexibility index (Phi) is 3.52. The summed E-state index contributed by atoms with van der Waals surface area (Å²) in [5.41, 5.74) is 0.104. The molecule has 0 bridgehead atoms. The molecule has 1 atom stereocenters. The third kappa shape index (κ3) is 3.04. The standard InChI is InChI=1S/C11H13BrO3/c1-7-3-4-9(12)8(5-7)6-11(2,15)10(13)14/h3-5,15H,6H2,1-2H3,(H,13,14). The van der Waals surface area contributed by atoms with Gasteiger partial charge in [0.2, 0.25) is 0 Å². The Morgan fingerprint density at radius 3 is 2.67 bits per heavy atom. The molecule has 1 unspecified atom stereocenters. The first kappa shape index (κ1) is 12.2. The molecule has 0 aliphatic rings. The van der Waals surface area contributed by atoms with Crippen molar-refractivity contribution in [3.05, 3.63) is 33.8 Å². The van der Waals surface area contributed by atoms with E-state index in [1.807, 2.05) is 25.1 Å². The largest absolute Gasteiger partial charge is 0.479 e. The topological polar surface area (TPSA) is 57.5 Å². The minimum atomic E-state index is -1.73. The minimum Gasteiger partial charge on any atom is -0.479 e. The zero-order valence-corrected chi connectivity index (χ0v) is 10.2. The molecule has 15 heavy (non-hydrogen) atoms. The Bertz CT molecular complexity index is 385. The Labute approximate surface area is 96.9 Å². The second-order valence-corrected chi connectivity index (χ2v) is 4.70. The second-order valence-electron chi connectivity index (χ2n) is 3.85.